The van der Waals surface area contributed by atoms with E-state index >= 15 is 0 Å². The standard InChI is InChI=1S/C22H25N5O4S/c1-14-9-10-19(26-32(30,31)13-17-7-5-4-6-8-17)22(29)27(14)20-11-18(12-24-16(3)28)15(2)25-21(20)23/h4-11,26H,12-13H2,1-3H3,(H2,23,25)(H,24,28). The van der Waals surface area contributed by atoms with Crippen LogP contribution in [0.25, 0.3) is 5.69 Å². The average molecular weight is 456 g/mol. The fourth-order valence-electron chi connectivity index (χ4n) is 3.24. The van der Waals surface area contributed by atoms with Gasteiger partial charge in [-0.1, -0.05) is 30.3 Å². The first-order chi connectivity index (χ1) is 15.1. The molecule has 32 heavy (non-hydrogen) atoms. The highest BCUT2D eigenvalue weighted by molar-refractivity contribution is 7.91. The topological polar surface area (TPSA) is 136 Å². The second-order valence-electron chi connectivity index (χ2n) is 7.42. The smallest absolute Gasteiger partial charge is 0.279 e. The molecule has 10 heteroatoms. The lowest BCUT2D eigenvalue weighted by atomic mass is 10.1. The third-order valence-electron chi connectivity index (χ3n) is 4.84. The fourth-order valence-corrected chi connectivity index (χ4v) is 4.43. The monoisotopic (exact) mass is 455 g/mol. The van der Waals surface area contributed by atoms with Gasteiger partial charge < -0.3 is 11.1 Å². The van der Waals surface area contributed by atoms with Gasteiger partial charge in [0.05, 0.1) is 11.4 Å². The van der Waals surface area contributed by atoms with Gasteiger partial charge in [-0.3, -0.25) is 18.9 Å². The van der Waals surface area contributed by atoms with Crippen LogP contribution in [0.5, 0.6) is 0 Å². The van der Waals surface area contributed by atoms with Crippen LogP contribution in [-0.4, -0.2) is 23.9 Å². The zero-order valence-corrected chi connectivity index (χ0v) is 18.9. The third-order valence-corrected chi connectivity index (χ3v) is 6.08. The van der Waals surface area contributed by atoms with E-state index in [2.05, 4.69) is 15.0 Å². The number of carbonyl (C=O) groups is 1. The van der Waals surface area contributed by atoms with Crippen molar-refractivity contribution in [2.45, 2.75) is 33.1 Å². The van der Waals surface area contributed by atoms with Crippen LogP contribution in [0.15, 0.2) is 53.3 Å². The molecule has 0 spiro atoms. The number of aromatic nitrogens is 2. The Labute approximate surface area is 186 Å². The van der Waals surface area contributed by atoms with Crippen molar-refractivity contribution in [2.24, 2.45) is 0 Å². The first kappa shape index (κ1) is 23.0. The Morgan fingerprint density at radius 2 is 1.81 bits per heavy atom. The maximum atomic E-state index is 13.2. The molecule has 3 rings (SSSR count). The molecule has 1 aromatic carbocycles. The van der Waals surface area contributed by atoms with E-state index < -0.39 is 15.6 Å². The molecule has 4 N–H and O–H groups in total. The van der Waals surface area contributed by atoms with Crippen molar-refractivity contribution >= 4 is 27.4 Å². The maximum Gasteiger partial charge on any atom is 0.279 e. The summed E-state index contributed by atoms with van der Waals surface area (Å²) in [5.74, 6) is -0.356. The lowest BCUT2D eigenvalue weighted by Gasteiger charge is -2.17. The van der Waals surface area contributed by atoms with Crippen LogP contribution in [0.4, 0.5) is 11.5 Å². The molecule has 3 aromatic rings. The Hall–Kier alpha value is -3.66. The molecule has 0 unspecified atom stereocenters. The number of rotatable bonds is 7. The van der Waals surface area contributed by atoms with E-state index in [1.165, 1.54) is 17.6 Å². The van der Waals surface area contributed by atoms with Gasteiger partial charge in [0.1, 0.15) is 11.5 Å². The zero-order chi connectivity index (χ0) is 23.5. The van der Waals surface area contributed by atoms with Crippen LogP contribution >= 0.6 is 0 Å². The molecule has 2 aromatic heterocycles. The van der Waals surface area contributed by atoms with E-state index in [0.717, 1.165) is 0 Å². The Kier molecular flexibility index (Phi) is 6.64. The van der Waals surface area contributed by atoms with Crippen LogP contribution in [0.1, 0.15) is 29.4 Å². The van der Waals surface area contributed by atoms with Gasteiger partial charge in [0, 0.05) is 24.9 Å². The van der Waals surface area contributed by atoms with Crippen molar-refractivity contribution in [2.75, 3.05) is 10.5 Å². The summed E-state index contributed by atoms with van der Waals surface area (Å²) in [7, 11) is -3.82. The van der Waals surface area contributed by atoms with Crippen molar-refractivity contribution < 1.29 is 13.2 Å². The molecular formula is C22H25N5O4S. The van der Waals surface area contributed by atoms with E-state index in [9.17, 15) is 18.0 Å². The van der Waals surface area contributed by atoms with Crippen LogP contribution in [0.3, 0.4) is 0 Å². The van der Waals surface area contributed by atoms with Gasteiger partial charge in [-0.15, -0.1) is 0 Å². The number of hydrogen-bond acceptors (Lipinski definition) is 6. The molecule has 0 fully saturated rings. The van der Waals surface area contributed by atoms with Gasteiger partial charge in [0.2, 0.25) is 15.9 Å². The van der Waals surface area contributed by atoms with Gasteiger partial charge in [-0.2, -0.15) is 0 Å². The number of pyridine rings is 2. The number of nitrogens with two attached hydrogens (primary N) is 1. The minimum Gasteiger partial charge on any atom is -0.382 e. The first-order valence-corrected chi connectivity index (χ1v) is 11.5. The van der Waals surface area contributed by atoms with E-state index in [4.69, 9.17) is 5.73 Å². The summed E-state index contributed by atoms with van der Waals surface area (Å²) in [6.45, 7) is 5.08. The summed E-state index contributed by atoms with van der Waals surface area (Å²) in [5, 5.41) is 2.70. The highest BCUT2D eigenvalue weighted by atomic mass is 32.2. The minimum atomic E-state index is -3.82. The van der Waals surface area contributed by atoms with Crippen LogP contribution < -0.4 is 21.3 Å². The Balaban J connectivity index is 2.01. The molecule has 0 saturated carbocycles. The molecule has 0 aliphatic heterocycles. The minimum absolute atomic E-state index is 0.102. The summed E-state index contributed by atoms with van der Waals surface area (Å²) in [5.41, 5.74) is 8.17. The van der Waals surface area contributed by atoms with Gasteiger partial charge in [0.15, 0.2) is 0 Å². The van der Waals surface area contributed by atoms with Crippen LogP contribution in [-0.2, 0) is 27.1 Å². The predicted octanol–water partition coefficient (Wildman–Crippen LogP) is 2.01. The summed E-state index contributed by atoms with van der Waals surface area (Å²) in [6.07, 6.45) is 0. The molecule has 0 radical (unpaired) electrons. The maximum absolute atomic E-state index is 13.2. The molecule has 1 amide bonds. The molecule has 0 atom stereocenters. The van der Waals surface area contributed by atoms with Crippen LogP contribution in [0, 0.1) is 13.8 Å². The Morgan fingerprint density at radius 1 is 1.12 bits per heavy atom. The molecule has 9 nitrogen and oxygen atoms in total. The molecule has 0 aliphatic rings. The normalized spacial score (nSPS) is 11.2. The highest BCUT2D eigenvalue weighted by Gasteiger charge is 2.18. The number of anilines is 2. The number of nitrogens with one attached hydrogen (secondary N) is 2. The SMILES string of the molecule is CC(=O)NCc1cc(-n2c(C)ccc(NS(=O)(=O)Cc3ccccc3)c2=O)c(N)nc1C. The van der Waals surface area contributed by atoms with E-state index in [1.54, 1.807) is 56.3 Å². The number of carbonyl (C=O) groups excluding carboxylic acids is 1. The average Bonchev–Trinajstić information content (AvgIpc) is 2.71. The number of benzene rings is 1. The number of hydrogen-bond donors (Lipinski definition) is 3. The lowest BCUT2D eigenvalue weighted by Crippen LogP contribution is -2.28. The van der Waals surface area contributed by atoms with E-state index in [-0.39, 0.29) is 29.7 Å². The van der Waals surface area contributed by atoms with Gasteiger partial charge in [0.25, 0.3) is 5.56 Å². The number of sulfonamides is 1. The number of nitrogens with zero attached hydrogens (tertiary/aromatic N) is 2. The van der Waals surface area contributed by atoms with Gasteiger partial charge in [-0.25, -0.2) is 13.4 Å². The van der Waals surface area contributed by atoms with Gasteiger partial charge >= 0.3 is 0 Å². The zero-order valence-electron chi connectivity index (χ0n) is 18.0. The van der Waals surface area contributed by atoms with Crippen molar-refractivity contribution in [3.63, 3.8) is 0 Å². The second kappa shape index (κ2) is 9.23. The largest absolute Gasteiger partial charge is 0.382 e. The van der Waals surface area contributed by atoms with Gasteiger partial charge in [-0.05, 0) is 43.2 Å². The van der Waals surface area contributed by atoms with E-state index in [1.807, 2.05) is 0 Å². The second-order valence-corrected chi connectivity index (χ2v) is 9.15. The summed E-state index contributed by atoms with van der Waals surface area (Å²) >= 11 is 0. The molecule has 2 heterocycles. The predicted molar refractivity (Wildman–Crippen MR) is 124 cm³/mol. The highest BCUT2D eigenvalue weighted by Crippen LogP contribution is 2.21. The van der Waals surface area contributed by atoms with Crippen molar-refractivity contribution in [3.05, 3.63) is 81.4 Å². The molecular weight excluding hydrogens is 430 g/mol. The number of aryl methyl sites for hydroxylation is 2. The lowest BCUT2D eigenvalue weighted by molar-refractivity contribution is -0.119. The van der Waals surface area contributed by atoms with E-state index in [0.29, 0.717) is 28.2 Å². The quantitative estimate of drug-likeness (QED) is 0.499. The molecule has 0 bridgehead atoms. The summed E-state index contributed by atoms with van der Waals surface area (Å²) < 4.78 is 28.9. The molecule has 0 saturated heterocycles. The Morgan fingerprint density at radius 3 is 2.47 bits per heavy atom. The molecule has 0 aliphatic carbocycles. The van der Waals surface area contributed by atoms with Crippen molar-refractivity contribution in [1.82, 2.24) is 14.9 Å². The fraction of sp³-hybridized carbons (Fsp3) is 0.227. The number of nitrogen functional groups attached to an aromatic ring is 1. The third kappa shape index (κ3) is 5.33. The van der Waals surface area contributed by atoms with Crippen molar-refractivity contribution in [1.29, 1.82) is 0 Å². The first-order valence-electron chi connectivity index (χ1n) is 9.85. The Bertz CT molecular complexity index is 1320. The summed E-state index contributed by atoms with van der Waals surface area (Å²) in [6, 6.07) is 13.4. The summed E-state index contributed by atoms with van der Waals surface area (Å²) in [4.78, 5) is 28.8. The molecule has 168 valence electrons. The van der Waals surface area contributed by atoms with Crippen LogP contribution in [0.2, 0.25) is 0 Å². The van der Waals surface area contributed by atoms with Crippen molar-refractivity contribution in [3.8, 4) is 5.69 Å². The number of amides is 1.